The van der Waals surface area contributed by atoms with Gasteiger partial charge in [0.1, 0.15) is 5.82 Å². The fourth-order valence-electron chi connectivity index (χ4n) is 2.00. The molecule has 7 heteroatoms. The van der Waals surface area contributed by atoms with Gasteiger partial charge in [-0.05, 0) is 18.1 Å². The molecule has 2 aromatic rings. The Morgan fingerprint density at radius 2 is 2.05 bits per heavy atom. The van der Waals surface area contributed by atoms with Gasteiger partial charge in [-0.3, -0.25) is 10.1 Å². The quantitative estimate of drug-likeness (QED) is 0.542. The van der Waals surface area contributed by atoms with Crippen LogP contribution in [0.25, 0.3) is 10.9 Å². The lowest BCUT2D eigenvalue weighted by molar-refractivity contribution is 0.100. The van der Waals surface area contributed by atoms with Crippen LogP contribution in [0.15, 0.2) is 18.2 Å². The highest BCUT2D eigenvalue weighted by Crippen LogP contribution is 2.26. The zero-order valence-electron chi connectivity index (χ0n) is 10.1. The maximum Gasteiger partial charge on any atom is 0.317 e. The van der Waals surface area contributed by atoms with Gasteiger partial charge in [0, 0.05) is 17.5 Å². The van der Waals surface area contributed by atoms with Crippen LogP contribution in [-0.4, -0.2) is 28.6 Å². The Bertz CT molecular complexity index is 648. The van der Waals surface area contributed by atoms with E-state index in [-0.39, 0.29) is 18.0 Å². The molecule has 0 aliphatic carbocycles. The zero-order chi connectivity index (χ0) is 14.0. The second kappa shape index (κ2) is 4.99. The number of hydrogen-bond acceptors (Lipinski definition) is 3. The van der Waals surface area contributed by atoms with Crippen molar-refractivity contribution in [3.63, 3.8) is 0 Å². The number of nitrogens with two attached hydrogens (primary N) is 2. The summed E-state index contributed by atoms with van der Waals surface area (Å²) < 4.78 is 0. The van der Waals surface area contributed by atoms with E-state index in [1.807, 2.05) is 0 Å². The van der Waals surface area contributed by atoms with Gasteiger partial charge < -0.3 is 21.6 Å². The van der Waals surface area contributed by atoms with Crippen molar-refractivity contribution in [1.82, 2.24) is 4.98 Å². The fraction of sp³-hybridized carbons (Fsp3) is 0.167. The minimum atomic E-state index is -0.787. The summed E-state index contributed by atoms with van der Waals surface area (Å²) in [6.45, 7) is 0.0291. The van der Waals surface area contributed by atoms with Gasteiger partial charge in [0.15, 0.2) is 0 Å². The highest BCUT2D eigenvalue weighted by Gasteiger charge is 2.17. The average molecular weight is 262 g/mol. The van der Waals surface area contributed by atoms with E-state index < -0.39 is 11.9 Å². The number of aromatic amines is 1. The number of nitrogens with one attached hydrogen (secondary N) is 2. The fourth-order valence-corrected chi connectivity index (χ4v) is 2.00. The van der Waals surface area contributed by atoms with Crippen molar-refractivity contribution in [2.24, 2.45) is 11.5 Å². The molecule has 0 atom stereocenters. The van der Waals surface area contributed by atoms with E-state index in [0.717, 1.165) is 5.56 Å². The molecule has 0 fully saturated rings. The SMILES string of the molecule is NC(=O)Nc1[nH]c2cc(CCO)ccc2c1C(N)=O. The molecule has 7 N–H and O–H groups in total. The molecule has 7 nitrogen and oxygen atoms in total. The highest BCUT2D eigenvalue weighted by atomic mass is 16.3. The number of primary amides is 2. The van der Waals surface area contributed by atoms with E-state index >= 15 is 0 Å². The molecule has 100 valence electrons. The average Bonchev–Trinajstić information content (AvgIpc) is 2.65. The van der Waals surface area contributed by atoms with Crippen LogP contribution in [0.1, 0.15) is 15.9 Å². The number of carbonyl (C=O) groups excluding carboxylic acids is 2. The second-order valence-electron chi connectivity index (χ2n) is 4.08. The predicted molar refractivity (Wildman–Crippen MR) is 70.8 cm³/mol. The van der Waals surface area contributed by atoms with Crippen molar-refractivity contribution >= 4 is 28.7 Å². The summed E-state index contributed by atoms with van der Waals surface area (Å²) in [5.74, 6) is -0.485. The first-order valence-electron chi connectivity index (χ1n) is 5.64. The van der Waals surface area contributed by atoms with Crippen LogP contribution < -0.4 is 16.8 Å². The maximum absolute atomic E-state index is 11.5. The van der Waals surface area contributed by atoms with Crippen LogP contribution in [0, 0.1) is 0 Å². The van der Waals surface area contributed by atoms with Crippen LogP contribution in [0.2, 0.25) is 0 Å². The van der Waals surface area contributed by atoms with E-state index in [4.69, 9.17) is 16.6 Å². The monoisotopic (exact) mass is 262 g/mol. The molecule has 2 rings (SSSR count). The van der Waals surface area contributed by atoms with Crippen LogP contribution in [0.4, 0.5) is 10.6 Å². The molecular formula is C12H14N4O3. The van der Waals surface area contributed by atoms with Crippen LogP contribution >= 0.6 is 0 Å². The topological polar surface area (TPSA) is 134 Å². The summed E-state index contributed by atoms with van der Waals surface area (Å²) in [7, 11) is 0. The Hall–Kier alpha value is -2.54. The Labute approximate surface area is 108 Å². The van der Waals surface area contributed by atoms with Crippen LogP contribution in [0.3, 0.4) is 0 Å². The molecule has 0 unspecified atom stereocenters. The largest absolute Gasteiger partial charge is 0.396 e. The Morgan fingerprint density at radius 3 is 2.63 bits per heavy atom. The second-order valence-corrected chi connectivity index (χ2v) is 4.08. The van der Waals surface area contributed by atoms with Crippen LogP contribution in [-0.2, 0) is 6.42 Å². The van der Waals surface area contributed by atoms with E-state index in [2.05, 4.69) is 10.3 Å². The smallest absolute Gasteiger partial charge is 0.317 e. The zero-order valence-corrected chi connectivity index (χ0v) is 10.1. The third-order valence-electron chi connectivity index (χ3n) is 2.76. The number of benzene rings is 1. The van der Waals surface area contributed by atoms with E-state index in [1.54, 1.807) is 18.2 Å². The van der Waals surface area contributed by atoms with Gasteiger partial charge in [0.25, 0.3) is 5.91 Å². The molecule has 19 heavy (non-hydrogen) atoms. The number of rotatable bonds is 4. The first kappa shape index (κ1) is 12.9. The minimum Gasteiger partial charge on any atom is -0.396 e. The van der Waals surface area contributed by atoms with Gasteiger partial charge in [-0.15, -0.1) is 0 Å². The number of carbonyl (C=O) groups is 2. The van der Waals surface area contributed by atoms with Gasteiger partial charge in [-0.2, -0.15) is 0 Å². The number of urea groups is 1. The number of hydrogen-bond donors (Lipinski definition) is 5. The van der Waals surface area contributed by atoms with E-state index in [1.165, 1.54) is 0 Å². The molecule has 0 aliphatic heterocycles. The Morgan fingerprint density at radius 1 is 1.32 bits per heavy atom. The van der Waals surface area contributed by atoms with E-state index in [9.17, 15) is 9.59 Å². The van der Waals surface area contributed by atoms with Crippen molar-refractivity contribution in [3.05, 3.63) is 29.3 Å². The maximum atomic E-state index is 11.5. The lowest BCUT2D eigenvalue weighted by Crippen LogP contribution is -2.22. The van der Waals surface area contributed by atoms with Crippen molar-refractivity contribution in [1.29, 1.82) is 0 Å². The number of aromatic nitrogens is 1. The molecular weight excluding hydrogens is 248 g/mol. The molecule has 0 saturated heterocycles. The van der Waals surface area contributed by atoms with Gasteiger partial charge in [-0.25, -0.2) is 4.79 Å². The number of aliphatic hydroxyl groups is 1. The number of H-pyrrole nitrogens is 1. The molecule has 3 amide bonds. The molecule has 1 aromatic carbocycles. The Kier molecular flexibility index (Phi) is 3.39. The summed E-state index contributed by atoms with van der Waals surface area (Å²) in [6.07, 6.45) is 0.499. The standard InChI is InChI=1S/C12H14N4O3/c13-10(18)9-7-2-1-6(3-4-17)5-8(7)15-11(9)16-12(14)19/h1-2,5,15,17H,3-4H2,(H2,13,18)(H3,14,16,19). The minimum absolute atomic E-state index is 0.0291. The third-order valence-corrected chi connectivity index (χ3v) is 2.76. The summed E-state index contributed by atoms with van der Waals surface area (Å²) in [5, 5.41) is 11.8. The summed E-state index contributed by atoms with van der Waals surface area (Å²) in [6, 6.07) is 4.49. The molecule has 0 spiro atoms. The predicted octanol–water partition coefficient (Wildman–Crippen LogP) is 0.292. The molecule has 1 heterocycles. The highest BCUT2D eigenvalue weighted by molar-refractivity contribution is 6.12. The van der Waals surface area contributed by atoms with Gasteiger partial charge in [0.2, 0.25) is 0 Å². The van der Waals surface area contributed by atoms with Crippen molar-refractivity contribution in [2.75, 3.05) is 11.9 Å². The summed E-state index contributed by atoms with van der Waals surface area (Å²) in [5.41, 5.74) is 12.1. The lowest BCUT2D eigenvalue weighted by atomic mass is 10.1. The molecule has 1 aromatic heterocycles. The molecule has 0 radical (unpaired) electrons. The number of anilines is 1. The Balaban J connectivity index is 2.58. The number of aliphatic hydroxyl groups excluding tert-OH is 1. The first-order chi connectivity index (χ1) is 9.02. The van der Waals surface area contributed by atoms with Crippen molar-refractivity contribution in [3.8, 4) is 0 Å². The van der Waals surface area contributed by atoms with Crippen molar-refractivity contribution in [2.45, 2.75) is 6.42 Å². The molecule has 0 bridgehead atoms. The third kappa shape index (κ3) is 2.50. The summed E-state index contributed by atoms with van der Waals surface area (Å²) in [4.78, 5) is 25.2. The summed E-state index contributed by atoms with van der Waals surface area (Å²) >= 11 is 0. The first-order valence-corrected chi connectivity index (χ1v) is 5.64. The van der Waals surface area contributed by atoms with Crippen molar-refractivity contribution < 1.29 is 14.7 Å². The lowest BCUT2D eigenvalue weighted by Gasteiger charge is -2.00. The van der Waals surface area contributed by atoms with Gasteiger partial charge >= 0.3 is 6.03 Å². The van der Waals surface area contributed by atoms with E-state index in [0.29, 0.717) is 17.3 Å². The normalized spacial score (nSPS) is 10.6. The van der Waals surface area contributed by atoms with Gasteiger partial charge in [-0.1, -0.05) is 12.1 Å². The molecule has 0 aliphatic rings. The number of amides is 3. The number of fused-ring (bicyclic) bond motifs is 1. The van der Waals surface area contributed by atoms with Gasteiger partial charge in [0.05, 0.1) is 5.56 Å². The molecule has 0 saturated carbocycles. The van der Waals surface area contributed by atoms with Crippen LogP contribution in [0.5, 0.6) is 0 Å².